The molecule has 1 aromatic rings. The molecule has 94 valence electrons. The van der Waals surface area contributed by atoms with Crippen molar-refractivity contribution < 1.29 is 14.3 Å². The first kappa shape index (κ1) is 13.6. The molecular weight excluding hydrogens is 223 g/mol. The minimum Gasteiger partial charge on any atom is -0.387 e. The summed E-state index contributed by atoms with van der Waals surface area (Å²) in [4.78, 5) is 10.6. The van der Waals surface area contributed by atoms with Crippen LogP contribution in [0, 0.1) is 5.82 Å². The first-order chi connectivity index (χ1) is 7.99. The molecular formula is C12H17FN2O2. The maximum absolute atomic E-state index is 12.9. The molecule has 17 heavy (non-hydrogen) atoms. The van der Waals surface area contributed by atoms with Crippen LogP contribution in [0.4, 0.5) is 4.39 Å². The molecule has 2 unspecified atom stereocenters. The SMILES string of the molecule is CC(CC(N)=O)NCC(O)c1cccc(F)c1. The van der Waals surface area contributed by atoms with Crippen molar-refractivity contribution in [2.75, 3.05) is 6.54 Å². The van der Waals surface area contributed by atoms with Crippen molar-refractivity contribution >= 4 is 5.91 Å². The van der Waals surface area contributed by atoms with Crippen LogP contribution in [-0.4, -0.2) is 23.6 Å². The van der Waals surface area contributed by atoms with E-state index in [0.717, 1.165) is 0 Å². The monoisotopic (exact) mass is 240 g/mol. The second-order valence-corrected chi connectivity index (χ2v) is 4.05. The summed E-state index contributed by atoms with van der Waals surface area (Å²) in [5, 5.41) is 12.7. The highest BCUT2D eigenvalue weighted by molar-refractivity contribution is 5.74. The van der Waals surface area contributed by atoms with Crippen LogP contribution >= 0.6 is 0 Å². The van der Waals surface area contributed by atoms with Crippen molar-refractivity contribution in [2.45, 2.75) is 25.5 Å². The number of aliphatic hydroxyl groups excluding tert-OH is 1. The molecule has 0 heterocycles. The third-order valence-corrected chi connectivity index (χ3v) is 2.40. The number of rotatable bonds is 6. The molecule has 0 aliphatic rings. The van der Waals surface area contributed by atoms with E-state index in [1.165, 1.54) is 12.1 Å². The lowest BCUT2D eigenvalue weighted by molar-refractivity contribution is -0.118. The van der Waals surface area contributed by atoms with Crippen LogP contribution in [0.1, 0.15) is 25.0 Å². The standard InChI is InChI=1S/C12H17FN2O2/c1-8(5-12(14)17)15-7-11(16)9-3-2-4-10(13)6-9/h2-4,6,8,11,15-16H,5,7H2,1H3,(H2,14,17). The number of halogens is 1. The molecule has 0 bridgehead atoms. The Labute approximate surface area is 99.6 Å². The number of hydrogen-bond acceptors (Lipinski definition) is 3. The number of benzene rings is 1. The van der Waals surface area contributed by atoms with Crippen molar-refractivity contribution in [3.63, 3.8) is 0 Å². The van der Waals surface area contributed by atoms with Gasteiger partial charge in [0.05, 0.1) is 6.10 Å². The Hall–Kier alpha value is -1.46. The summed E-state index contributed by atoms with van der Waals surface area (Å²) in [7, 11) is 0. The van der Waals surface area contributed by atoms with Gasteiger partial charge in [-0.3, -0.25) is 4.79 Å². The van der Waals surface area contributed by atoms with E-state index >= 15 is 0 Å². The van der Waals surface area contributed by atoms with E-state index in [2.05, 4.69) is 5.32 Å². The third-order valence-electron chi connectivity index (χ3n) is 2.40. The Morgan fingerprint density at radius 3 is 2.88 bits per heavy atom. The van der Waals surface area contributed by atoms with Gasteiger partial charge in [-0.15, -0.1) is 0 Å². The fourth-order valence-corrected chi connectivity index (χ4v) is 1.52. The van der Waals surface area contributed by atoms with Gasteiger partial charge in [-0.2, -0.15) is 0 Å². The first-order valence-corrected chi connectivity index (χ1v) is 5.44. The molecule has 0 fully saturated rings. The number of amides is 1. The molecule has 4 nitrogen and oxygen atoms in total. The number of aliphatic hydroxyl groups is 1. The molecule has 2 atom stereocenters. The summed E-state index contributed by atoms with van der Waals surface area (Å²) in [6, 6.07) is 5.68. The van der Waals surface area contributed by atoms with Gasteiger partial charge in [-0.1, -0.05) is 12.1 Å². The maximum atomic E-state index is 12.9. The van der Waals surface area contributed by atoms with Crippen LogP contribution in [0.3, 0.4) is 0 Å². The highest BCUT2D eigenvalue weighted by Gasteiger charge is 2.11. The van der Waals surface area contributed by atoms with Gasteiger partial charge < -0.3 is 16.2 Å². The summed E-state index contributed by atoms with van der Waals surface area (Å²) in [5.41, 5.74) is 5.54. The molecule has 5 heteroatoms. The van der Waals surface area contributed by atoms with Crippen molar-refractivity contribution in [2.24, 2.45) is 5.73 Å². The normalized spacial score (nSPS) is 14.3. The quantitative estimate of drug-likeness (QED) is 0.685. The van der Waals surface area contributed by atoms with Crippen LogP contribution in [0.25, 0.3) is 0 Å². The summed E-state index contributed by atoms with van der Waals surface area (Å²) < 4.78 is 12.9. The van der Waals surface area contributed by atoms with Crippen LogP contribution in [0.15, 0.2) is 24.3 Å². The van der Waals surface area contributed by atoms with Gasteiger partial charge in [0.15, 0.2) is 0 Å². The smallest absolute Gasteiger partial charge is 0.218 e. The van der Waals surface area contributed by atoms with Gasteiger partial charge >= 0.3 is 0 Å². The van der Waals surface area contributed by atoms with Gasteiger partial charge in [-0.25, -0.2) is 4.39 Å². The van der Waals surface area contributed by atoms with Gasteiger partial charge in [0, 0.05) is 19.0 Å². The minimum atomic E-state index is -0.805. The van der Waals surface area contributed by atoms with E-state index < -0.39 is 12.0 Å². The lowest BCUT2D eigenvalue weighted by Gasteiger charge is -2.16. The van der Waals surface area contributed by atoms with E-state index in [9.17, 15) is 14.3 Å². The van der Waals surface area contributed by atoms with Gasteiger partial charge in [-0.05, 0) is 24.6 Å². The number of primary amides is 1. The van der Waals surface area contributed by atoms with Crippen molar-refractivity contribution in [3.8, 4) is 0 Å². The Morgan fingerprint density at radius 2 is 2.29 bits per heavy atom. The highest BCUT2D eigenvalue weighted by atomic mass is 19.1. The Morgan fingerprint density at radius 1 is 1.59 bits per heavy atom. The highest BCUT2D eigenvalue weighted by Crippen LogP contribution is 2.13. The molecule has 0 saturated heterocycles. The van der Waals surface area contributed by atoms with E-state index in [1.54, 1.807) is 19.1 Å². The van der Waals surface area contributed by atoms with Crippen molar-refractivity contribution in [1.29, 1.82) is 0 Å². The number of carbonyl (C=O) groups excluding carboxylic acids is 1. The Kier molecular flexibility index (Phi) is 5.06. The summed E-state index contributed by atoms with van der Waals surface area (Å²) >= 11 is 0. The number of nitrogens with one attached hydrogen (secondary N) is 1. The van der Waals surface area contributed by atoms with Gasteiger partial charge in [0.25, 0.3) is 0 Å². The van der Waals surface area contributed by atoms with Gasteiger partial charge in [0.1, 0.15) is 5.82 Å². The zero-order chi connectivity index (χ0) is 12.8. The predicted molar refractivity (Wildman–Crippen MR) is 62.6 cm³/mol. The first-order valence-electron chi connectivity index (χ1n) is 5.44. The van der Waals surface area contributed by atoms with Crippen LogP contribution in [-0.2, 0) is 4.79 Å². The fraction of sp³-hybridized carbons (Fsp3) is 0.417. The molecule has 0 aliphatic heterocycles. The molecule has 0 aliphatic carbocycles. The molecule has 0 aromatic heterocycles. The van der Waals surface area contributed by atoms with Crippen molar-refractivity contribution in [3.05, 3.63) is 35.6 Å². The molecule has 1 amide bonds. The van der Waals surface area contributed by atoms with E-state index in [-0.39, 0.29) is 24.8 Å². The van der Waals surface area contributed by atoms with E-state index in [4.69, 9.17) is 5.73 Å². The van der Waals surface area contributed by atoms with Crippen LogP contribution in [0.5, 0.6) is 0 Å². The zero-order valence-corrected chi connectivity index (χ0v) is 9.69. The number of carbonyl (C=O) groups is 1. The molecule has 1 aromatic carbocycles. The predicted octanol–water partition coefficient (Wildman–Crippen LogP) is 0.713. The summed E-state index contributed by atoms with van der Waals surface area (Å²) in [6.07, 6.45) is -0.600. The molecule has 0 spiro atoms. The van der Waals surface area contributed by atoms with E-state index in [1.807, 2.05) is 0 Å². The Balaban J connectivity index is 2.44. The molecule has 1 rings (SSSR count). The molecule has 4 N–H and O–H groups in total. The van der Waals surface area contributed by atoms with Crippen LogP contribution in [0.2, 0.25) is 0 Å². The second-order valence-electron chi connectivity index (χ2n) is 4.05. The average molecular weight is 240 g/mol. The fourth-order valence-electron chi connectivity index (χ4n) is 1.52. The molecule has 0 saturated carbocycles. The molecule has 0 radical (unpaired) electrons. The largest absolute Gasteiger partial charge is 0.387 e. The minimum absolute atomic E-state index is 0.115. The average Bonchev–Trinajstić information content (AvgIpc) is 2.25. The van der Waals surface area contributed by atoms with Gasteiger partial charge in [0.2, 0.25) is 5.91 Å². The Bertz CT molecular complexity index is 385. The zero-order valence-electron chi connectivity index (χ0n) is 9.69. The number of nitrogens with two attached hydrogens (primary N) is 1. The summed E-state index contributed by atoms with van der Waals surface area (Å²) in [6.45, 7) is 2.04. The van der Waals surface area contributed by atoms with Crippen molar-refractivity contribution in [1.82, 2.24) is 5.32 Å². The lowest BCUT2D eigenvalue weighted by atomic mass is 10.1. The maximum Gasteiger partial charge on any atom is 0.218 e. The second kappa shape index (κ2) is 6.32. The topological polar surface area (TPSA) is 75.4 Å². The van der Waals surface area contributed by atoms with E-state index in [0.29, 0.717) is 5.56 Å². The third kappa shape index (κ3) is 4.93. The number of hydrogen-bond donors (Lipinski definition) is 3. The van der Waals surface area contributed by atoms with Crippen LogP contribution < -0.4 is 11.1 Å². The summed E-state index contributed by atoms with van der Waals surface area (Å²) in [5.74, 6) is -0.781. The lowest BCUT2D eigenvalue weighted by Crippen LogP contribution is -2.33.